The maximum atomic E-state index is 13.4. The zero-order chi connectivity index (χ0) is 13.8. The first-order valence-electron chi connectivity index (χ1n) is 6.28. The molecular weight excluding hydrogens is 241 g/mol. The SMILES string of the molecule is CNCc1ccc(Oc2ccc(C)c(F)c2)cc1C. The van der Waals surface area contributed by atoms with Crippen LogP contribution in [-0.4, -0.2) is 7.05 Å². The number of hydrogen-bond donors (Lipinski definition) is 1. The highest BCUT2D eigenvalue weighted by Crippen LogP contribution is 2.25. The van der Waals surface area contributed by atoms with E-state index in [0.717, 1.165) is 17.9 Å². The van der Waals surface area contributed by atoms with Crippen LogP contribution in [0.1, 0.15) is 16.7 Å². The molecule has 0 unspecified atom stereocenters. The number of nitrogens with one attached hydrogen (secondary N) is 1. The molecule has 0 amide bonds. The molecule has 19 heavy (non-hydrogen) atoms. The number of benzene rings is 2. The van der Waals surface area contributed by atoms with Gasteiger partial charge >= 0.3 is 0 Å². The fraction of sp³-hybridized carbons (Fsp3) is 0.250. The van der Waals surface area contributed by atoms with E-state index >= 15 is 0 Å². The Balaban J connectivity index is 2.19. The van der Waals surface area contributed by atoms with E-state index < -0.39 is 0 Å². The summed E-state index contributed by atoms with van der Waals surface area (Å²) in [5.74, 6) is 0.991. The van der Waals surface area contributed by atoms with Gasteiger partial charge in [-0.25, -0.2) is 4.39 Å². The van der Waals surface area contributed by atoms with Crippen LogP contribution in [0.4, 0.5) is 4.39 Å². The average Bonchev–Trinajstić information content (AvgIpc) is 2.37. The van der Waals surface area contributed by atoms with Gasteiger partial charge in [-0.2, -0.15) is 0 Å². The Labute approximate surface area is 113 Å². The van der Waals surface area contributed by atoms with Gasteiger partial charge < -0.3 is 10.1 Å². The van der Waals surface area contributed by atoms with Gasteiger partial charge in [0.1, 0.15) is 17.3 Å². The minimum atomic E-state index is -0.249. The zero-order valence-electron chi connectivity index (χ0n) is 11.5. The minimum absolute atomic E-state index is 0.249. The summed E-state index contributed by atoms with van der Waals surface area (Å²) < 4.78 is 19.1. The number of rotatable bonds is 4. The Morgan fingerprint density at radius 3 is 2.32 bits per heavy atom. The van der Waals surface area contributed by atoms with Crippen molar-refractivity contribution in [1.29, 1.82) is 0 Å². The van der Waals surface area contributed by atoms with Gasteiger partial charge in [0.2, 0.25) is 0 Å². The van der Waals surface area contributed by atoms with E-state index in [1.807, 2.05) is 32.2 Å². The summed E-state index contributed by atoms with van der Waals surface area (Å²) >= 11 is 0. The second-order valence-electron chi connectivity index (χ2n) is 4.63. The van der Waals surface area contributed by atoms with Gasteiger partial charge in [0.05, 0.1) is 0 Å². The topological polar surface area (TPSA) is 21.3 Å². The number of halogens is 1. The van der Waals surface area contributed by atoms with E-state index in [-0.39, 0.29) is 5.82 Å². The van der Waals surface area contributed by atoms with Crippen molar-refractivity contribution in [1.82, 2.24) is 5.32 Å². The normalized spacial score (nSPS) is 10.5. The standard InChI is InChI=1S/C16H18FNO/c1-11-4-6-15(9-16(11)17)19-14-7-5-13(10-18-3)12(2)8-14/h4-9,18H,10H2,1-3H3. The van der Waals surface area contributed by atoms with Gasteiger partial charge in [-0.15, -0.1) is 0 Å². The third-order valence-corrected chi connectivity index (χ3v) is 3.06. The highest BCUT2D eigenvalue weighted by atomic mass is 19.1. The van der Waals surface area contributed by atoms with E-state index in [0.29, 0.717) is 11.3 Å². The number of hydrogen-bond acceptors (Lipinski definition) is 2. The first-order valence-corrected chi connectivity index (χ1v) is 6.28. The largest absolute Gasteiger partial charge is 0.457 e. The van der Waals surface area contributed by atoms with Gasteiger partial charge in [0.25, 0.3) is 0 Å². The summed E-state index contributed by atoms with van der Waals surface area (Å²) in [6, 6.07) is 10.8. The van der Waals surface area contributed by atoms with Crippen LogP contribution in [0.5, 0.6) is 11.5 Å². The maximum Gasteiger partial charge on any atom is 0.130 e. The lowest BCUT2D eigenvalue weighted by Gasteiger charge is -2.10. The van der Waals surface area contributed by atoms with Gasteiger partial charge in [-0.1, -0.05) is 12.1 Å². The summed E-state index contributed by atoms with van der Waals surface area (Å²) in [6.07, 6.45) is 0. The van der Waals surface area contributed by atoms with Gasteiger partial charge in [-0.3, -0.25) is 0 Å². The van der Waals surface area contributed by atoms with Gasteiger partial charge in [0.15, 0.2) is 0 Å². The molecule has 0 aliphatic heterocycles. The molecular formula is C16H18FNO. The summed E-state index contributed by atoms with van der Waals surface area (Å²) in [5.41, 5.74) is 3.00. The molecule has 2 rings (SSSR count). The highest BCUT2D eigenvalue weighted by Gasteiger charge is 2.04. The van der Waals surface area contributed by atoms with E-state index in [2.05, 4.69) is 5.32 Å². The molecule has 1 N–H and O–H groups in total. The molecule has 0 spiro atoms. The van der Waals surface area contributed by atoms with E-state index in [9.17, 15) is 4.39 Å². The lowest BCUT2D eigenvalue weighted by Crippen LogP contribution is -2.06. The lowest BCUT2D eigenvalue weighted by molar-refractivity contribution is 0.475. The van der Waals surface area contributed by atoms with Crippen LogP contribution < -0.4 is 10.1 Å². The average molecular weight is 259 g/mol. The molecule has 0 heterocycles. The van der Waals surface area contributed by atoms with Crippen molar-refractivity contribution < 1.29 is 9.13 Å². The summed E-state index contributed by atoms with van der Waals surface area (Å²) in [4.78, 5) is 0. The van der Waals surface area contributed by atoms with Crippen molar-refractivity contribution in [2.75, 3.05) is 7.05 Å². The quantitative estimate of drug-likeness (QED) is 0.897. The maximum absolute atomic E-state index is 13.4. The molecule has 0 radical (unpaired) electrons. The molecule has 0 saturated carbocycles. The van der Waals surface area contributed by atoms with Crippen molar-refractivity contribution in [3.8, 4) is 11.5 Å². The lowest BCUT2D eigenvalue weighted by atomic mass is 10.1. The van der Waals surface area contributed by atoms with Crippen LogP contribution in [0.3, 0.4) is 0 Å². The van der Waals surface area contributed by atoms with Crippen LogP contribution in [0.2, 0.25) is 0 Å². The Morgan fingerprint density at radius 1 is 1.00 bits per heavy atom. The highest BCUT2D eigenvalue weighted by molar-refractivity contribution is 5.38. The van der Waals surface area contributed by atoms with Crippen LogP contribution in [0.15, 0.2) is 36.4 Å². The molecule has 2 aromatic rings. The molecule has 0 aliphatic carbocycles. The molecule has 0 aliphatic rings. The zero-order valence-corrected chi connectivity index (χ0v) is 11.5. The van der Waals surface area contributed by atoms with E-state index in [1.54, 1.807) is 19.1 Å². The fourth-order valence-electron chi connectivity index (χ4n) is 1.89. The van der Waals surface area contributed by atoms with E-state index in [1.165, 1.54) is 11.6 Å². The molecule has 0 aromatic heterocycles. The Morgan fingerprint density at radius 2 is 1.68 bits per heavy atom. The van der Waals surface area contributed by atoms with Crippen molar-refractivity contribution in [3.63, 3.8) is 0 Å². The summed E-state index contributed by atoms with van der Waals surface area (Å²) in [7, 11) is 1.92. The third-order valence-electron chi connectivity index (χ3n) is 3.06. The van der Waals surface area contributed by atoms with Gasteiger partial charge in [0, 0.05) is 12.6 Å². The van der Waals surface area contributed by atoms with Crippen LogP contribution in [-0.2, 0) is 6.54 Å². The first kappa shape index (κ1) is 13.6. The van der Waals surface area contributed by atoms with Crippen LogP contribution >= 0.6 is 0 Å². The smallest absolute Gasteiger partial charge is 0.130 e. The molecule has 3 heteroatoms. The monoisotopic (exact) mass is 259 g/mol. The van der Waals surface area contributed by atoms with Crippen molar-refractivity contribution in [2.24, 2.45) is 0 Å². The molecule has 0 atom stereocenters. The minimum Gasteiger partial charge on any atom is -0.457 e. The Kier molecular flexibility index (Phi) is 4.17. The van der Waals surface area contributed by atoms with Crippen LogP contribution in [0.25, 0.3) is 0 Å². The Hall–Kier alpha value is -1.87. The second-order valence-corrected chi connectivity index (χ2v) is 4.63. The van der Waals surface area contributed by atoms with Crippen molar-refractivity contribution in [3.05, 3.63) is 58.9 Å². The fourth-order valence-corrected chi connectivity index (χ4v) is 1.89. The molecule has 100 valence electrons. The number of aryl methyl sites for hydroxylation is 2. The predicted octanol–water partition coefficient (Wildman–Crippen LogP) is 3.95. The first-order chi connectivity index (χ1) is 9.10. The van der Waals surface area contributed by atoms with E-state index in [4.69, 9.17) is 4.74 Å². The third kappa shape index (κ3) is 3.32. The second kappa shape index (κ2) is 5.85. The number of ether oxygens (including phenoxy) is 1. The molecule has 2 aromatic carbocycles. The molecule has 0 fully saturated rings. The predicted molar refractivity (Wildman–Crippen MR) is 75.2 cm³/mol. The Bertz CT molecular complexity index is 581. The summed E-state index contributed by atoms with van der Waals surface area (Å²) in [5, 5.41) is 3.12. The van der Waals surface area contributed by atoms with Crippen LogP contribution in [0, 0.1) is 19.7 Å². The molecule has 0 saturated heterocycles. The molecule has 0 bridgehead atoms. The van der Waals surface area contributed by atoms with Crippen molar-refractivity contribution in [2.45, 2.75) is 20.4 Å². The van der Waals surface area contributed by atoms with Gasteiger partial charge in [-0.05, 0) is 55.8 Å². The summed E-state index contributed by atoms with van der Waals surface area (Å²) in [6.45, 7) is 4.59. The van der Waals surface area contributed by atoms with Crippen molar-refractivity contribution >= 4 is 0 Å². The molecule has 2 nitrogen and oxygen atoms in total.